The molecule has 2 nitrogen and oxygen atoms in total. The fraction of sp³-hybridized carbons (Fsp3) is 0.0769. The Hall–Kier alpha value is -2.03. The highest BCUT2D eigenvalue weighted by Gasteiger charge is 2.04. The predicted octanol–water partition coefficient (Wildman–Crippen LogP) is 3.51. The molecule has 0 heterocycles. The van der Waals surface area contributed by atoms with Crippen molar-refractivity contribution in [2.45, 2.75) is 6.92 Å². The van der Waals surface area contributed by atoms with E-state index in [-0.39, 0.29) is 11.6 Å². The third-order valence-electron chi connectivity index (χ3n) is 2.17. The molecule has 0 spiro atoms. The number of rotatable bonds is 2. The van der Waals surface area contributed by atoms with Crippen LogP contribution >= 0.6 is 0 Å². The second-order valence-electron chi connectivity index (χ2n) is 3.61. The maximum absolute atomic E-state index is 13.4. The Morgan fingerprint density at radius 3 is 2.69 bits per heavy atom. The number of ether oxygens (including phenoxy) is 1. The highest BCUT2D eigenvalue weighted by Crippen LogP contribution is 2.26. The first-order valence-electron chi connectivity index (χ1n) is 4.95. The van der Waals surface area contributed by atoms with Crippen LogP contribution in [0.3, 0.4) is 0 Å². The lowest BCUT2D eigenvalue weighted by molar-refractivity contribution is 0.442. The number of aryl methyl sites for hydroxylation is 1. The molecule has 0 unspecified atom stereocenters. The van der Waals surface area contributed by atoms with E-state index in [1.807, 2.05) is 6.92 Å². The first-order chi connectivity index (χ1) is 7.65. The molecule has 2 aromatic carbocycles. The second kappa shape index (κ2) is 4.23. The average molecular weight is 217 g/mol. The van der Waals surface area contributed by atoms with Gasteiger partial charge in [0.05, 0.1) is 0 Å². The van der Waals surface area contributed by atoms with Gasteiger partial charge < -0.3 is 10.5 Å². The average Bonchev–Trinajstić information content (AvgIpc) is 2.24. The number of hydrogen-bond donors (Lipinski definition) is 1. The molecular weight excluding hydrogens is 205 g/mol. The monoisotopic (exact) mass is 217 g/mol. The topological polar surface area (TPSA) is 35.2 Å². The summed E-state index contributed by atoms with van der Waals surface area (Å²) in [6.07, 6.45) is 0. The number of nitrogen functional groups attached to an aromatic ring is 1. The molecule has 2 rings (SSSR count). The van der Waals surface area contributed by atoms with Crippen LogP contribution in [0.5, 0.6) is 11.5 Å². The molecule has 82 valence electrons. The van der Waals surface area contributed by atoms with Crippen LogP contribution < -0.4 is 10.5 Å². The molecule has 0 saturated carbocycles. The van der Waals surface area contributed by atoms with Crippen molar-refractivity contribution in [3.8, 4) is 11.5 Å². The van der Waals surface area contributed by atoms with E-state index < -0.39 is 0 Å². The number of anilines is 1. The third-order valence-corrected chi connectivity index (χ3v) is 2.17. The molecule has 0 atom stereocenters. The van der Waals surface area contributed by atoms with Crippen LogP contribution in [0.25, 0.3) is 0 Å². The van der Waals surface area contributed by atoms with Gasteiger partial charge in [-0.2, -0.15) is 0 Å². The normalized spacial score (nSPS) is 10.1. The standard InChI is InChI=1S/C13H12FNO/c1-9-5-6-12(14)13(7-9)16-11-4-2-3-10(15)8-11/h2-8H,15H2,1H3. The minimum absolute atomic E-state index is 0.214. The van der Waals surface area contributed by atoms with Crippen molar-refractivity contribution in [3.05, 3.63) is 53.8 Å². The zero-order valence-corrected chi connectivity index (χ0v) is 8.91. The van der Waals surface area contributed by atoms with Crippen LogP contribution in [0.15, 0.2) is 42.5 Å². The molecule has 16 heavy (non-hydrogen) atoms. The molecule has 3 heteroatoms. The Balaban J connectivity index is 2.30. The van der Waals surface area contributed by atoms with E-state index in [2.05, 4.69) is 0 Å². The molecule has 0 amide bonds. The van der Waals surface area contributed by atoms with E-state index in [1.165, 1.54) is 6.07 Å². The fourth-order valence-electron chi connectivity index (χ4n) is 1.39. The molecule has 2 N–H and O–H groups in total. The van der Waals surface area contributed by atoms with Crippen molar-refractivity contribution in [2.75, 3.05) is 5.73 Å². The minimum Gasteiger partial charge on any atom is -0.454 e. The van der Waals surface area contributed by atoms with Crippen LogP contribution in [-0.4, -0.2) is 0 Å². The van der Waals surface area contributed by atoms with E-state index >= 15 is 0 Å². The van der Waals surface area contributed by atoms with Gasteiger partial charge in [0.15, 0.2) is 11.6 Å². The Morgan fingerprint density at radius 1 is 1.12 bits per heavy atom. The summed E-state index contributed by atoms with van der Waals surface area (Å²) in [6, 6.07) is 11.6. The summed E-state index contributed by atoms with van der Waals surface area (Å²) >= 11 is 0. The van der Waals surface area contributed by atoms with Crippen molar-refractivity contribution >= 4 is 5.69 Å². The Bertz CT molecular complexity index is 511. The van der Waals surface area contributed by atoms with Gasteiger partial charge in [0, 0.05) is 11.8 Å². The first kappa shape index (κ1) is 10.5. The summed E-state index contributed by atoms with van der Waals surface area (Å²) in [7, 11) is 0. The van der Waals surface area contributed by atoms with Crippen molar-refractivity contribution in [3.63, 3.8) is 0 Å². The highest BCUT2D eigenvalue weighted by molar-refractivity contribution is 5.45. The fourth-order valence-corrected chi connectivity index (χ4v) is 1.39. The van der Waals surface area contributed by atoms with Gasteiger partial charge in [-0.05, 0) is 36.8 Å². The summed E-state index contributed by atoms with van der Waals surface area (Å²) in [5, 5.41) is 0. The van der Waals surface area contributed by atoms with E-state index in [0.29, 0.717) is 11.4 Å². The van der Waals surface area contributed by atoms with Gasteiger partial charge in [-0.3, -0.25) is 0 Å². The van der Waals surface area contributed by atoms with Crippen molar-refractivity contribution in [1.29, 1.82) is 0 Å². The van der Waals surface area contributed by atoms with Crippen LogP contribution in [0.4, 0.5) is 10.1 Å². The van der Waals surface area contributed by atoms with E-state index in [0.717, 1.165) is 5.56 Å². The van der Waals surface area contributed by atoms with Gasteiger partial charge >= 0.3 is 0 Å². The van der Waals surface area contributed by atoms with Gasteiger partial charge in [0.1, 0.15) is 5.75 Å². The Kier molecular flexibility index (Phi) is 2.77. The van der Waals surface area contributed by atoms with Crippen LogP contribution in [0.1, 0.15) is 5.56 Å². The number of hydrogen-bond acceptors (Lipinski definition) is 2. The molecule has 0 aromatic heterocycles. The van der Waals surface area contributed by atoms with Crippen molar-refractivity contribution < 1.29 is 9.13 Å². The number of nitrogens with two attached hydrogens (primary N) is 1. The summed E-state index contributed by atoms with van der Waals surface area (Å²) in [4.78, 5) is 0. The predicted molar refractivity (Wildman–Crippen MR) is 62.1 cm³/mol. The zero-order chi connectivity index (χ0) is 11.5. The Labute approximate surface area is 93.5 Å². The smallest absolute Gasteiger partial charge is 0.165 e. The lowest BCUT2D eigenvalue weighted by Gasteiger charge is -2.07. The first-order valence-corrected chi connectivity index (χ1v) is 4.95. The van der Waals surface area contributed by atoms with E-state index in [9.17, 15) is 4.39 Å². The lowest BCUT2D eigenvalue weighted by Crippen LogP contribution is -1.90. The molecule has 0 aliphatic heterocycles. The van der Waals surface area contributed by atoms with Crippen LogP contribution in [-0.2, 0) is 0 Å². The second-order valence-corrected chi connectivity index (χ2v) is 3.61. The Morgan fingerprint density at radius 2 is 1.94 bits per heavy atom. The molecule has 0 saturated heterocycles. The molecule has 0 radical (unpaired) electrons. The zero-order valence-electron chi connectivity index (χ0n) is 8.91. The maximum Gasteiger partial charge on any atom is 0.165 e. The highest BCUT2D eigenvalue weighted by atomic mass is 19.1. The molecule has 0 aliphatic rings. The summed E-state index contributed by atoms with van der Waals surface area (Å²) in [6.45, 7) is 1.88. The quantitative estimate of drug-likeness (QED) is 0.781. The van der Waals surface area contributed by atoms with E-state index in [1.54, 1.807) is 36.4 Å². The largest absolute Gasteiger partial charge is 0.454 e. The third kappa shape index (κ3) is 2.31. The van der Waals surface area contributed by atoms with Gasteiger partial charge in [-0.15, -0.1) is 0 Å². The SMILES string of the molecule is Cc1ccc(F)c(Oc2cccc(N)c2)c1. The van der Waals surface area contributed by atoms with E-state index in [4.69, 9.17) is 10.5 Å². The van der Waals surface area contributed by atoms with Crippen molar-refractivity contribution in [2.24, 2.45) is 0 Å². The van der Waals surface area contributed by atoms with Gasteiger partial charge in [0.25, 0.3) is 0 Å². The van der Waals surface area contributed by atoms with Gasteiger partial charge in [-0.25, -0.2) is 4.39 Å². The molecule has 2 aromatic rings. The maximum atomic E-state index is 13.4. The summed E-state index contributed by atoms with van der Waals surface area (Å²) in [5.41, 5.74) is 7.14. The molecular formula is C13H12FNO. The molecule has 0 aliphatic carbocycles. The van der Waals surface area contributed by atoms with Crippen LogP contribution in [0, 0.1) is 12.7 Å². The lowest BCUT2D eigenvalue weighted by atomic mass is 10.2. The molecule has 0 fully saturated rings. The van der Waals surface area contributed by atoms with Crippen molar-refractivity contribution in [1.82, 2.24) is 0 Å². The number of benzene rings is 2. The summed E-state index contributed by atoms with van der Waals surface area (Å²) < 4.78 is 18.8. The number of halogens is 1. The van der Waals surface area contributed by atoms with Gasteiger partial charge in [0.2, 0.25) is 0 Å². The summed E-state index contributed by atoms with van der Waals surface area (Å²) in [5.74, 6) is 0.364. The van der Waals surface area contributed by atoms with Crippen LogP contribution in [0.2, 0.25) is 0 Å². The minimum atomic E-state index is -0.381. The van der Waals surface area contributed by atoms with Gasteiger partial charge in [-0.1, -0.05) is 12.1 Å². The molecule has 0 bridgehead atoms.